The van der Waals surface area contributed by atoms with Crippen molar-refractivity contribution in [3.63, 3.8) is 0 Å². The number of alkyl halides is 2. The van der Waals surface area contributed by atoms with Crippen LogP contribution >= 0.6 is 0 Å². The number of carbonyl (C=O) groups excluding carboxylic acids is 1. The van der Waals surface area contributed by atoms with Gasteiger partial charge in [0.05, 0.1) is 11.6 Å². The summed E-state index contributed by atoms with van der Waals surface area (Å²) in [7, 11) is 0. The molecule has 0 unspecified atom stereocenters. The zero-order valence-corrected chi connectivity index (χ0v) is 18.0. The van der Waals surface area contributed by atoms with Crippen LogP contribution in [0.15, 0.2) is 23.2 Å². The zero-order valence-electron chi connectivity index (χ0n) is 18.0. The molecule has 0 aromatic heterocycles. The van der Waals surface area contributed by atoms with Gasteiger partial charge >= 0.3 is 0 Å². The number of fused-ring (bicyclic) bond motifs is 3. The van der Waals surface area contributed by atoms with E-state index in [1.165, 1.54) is 4.90 Å². The summed E-state index contributed by atoms with van der Waals surface area (Å²) in [5.41, 5.74) is 7.07. The SMILES string of the molecule is C[C@H]1CC[C@@]2(Cc3ccc(C#N)cc3[C@]23N=C(N)N(CC2CC(F)(F)C2)C3=O)C[C@@H]1C. The number of benzene rings is 1. The zero-order chi connectivity index (χ0) is 22.2. The summed E-state index contributed by atoms with van der Waals surface area (Å²) in [6.07, 6.45) is 3.00. The first-order chi connectivity index (χ1) is 14.6. The van der Waals surface area contributed by atoms with E-state index in [1.807, 2.05) is 6.07 Å². The second kappa shape index (κ2) is 6.51. The Morgan fingerprint density at radius 2 is 2.00 bits per heavy atom. The van der Waals surface area contributed by atoms with Gasteiger partial charge in [-0.15, -0.1) is 0 Å². The first-order valence-corrected chi connectivity index (χ1v) is 11.2. The third-order valence-electron chi connectivity index (χ3n) is 8.42. The number of amides is 1. The number of nitriles is 1. The van der Waals surface area contributed by atoms with E-state index in [-0.39, 0.29) is 37.2 Å². The van der Waals surface area contributed by atoms with E-state index in [0.717, 1.165) is 36.8 Å². The number of hydrogen-bond donors (Lipinski definition) is 1. The maximum atomic E-state index is 14.1. The van der Waals surface area contributed by atoms with E-state index in [9.17, 15) is 18.8 Å². The van der Waals surface area contributed by atoms with Gasteiger partial charge in [-0.1, -0.05) is 19.9 Å². The largest absolute Gasteiger partial charge is 0.369 e. The number of nitrogens with two attached hydrogens (primary N) is 1. The summed E-state index contributed by atoms with van der Waals surface area (Å²) in [6, 6.07) is 7.71. The van der Waals surface area contributed by atoms with Crippen molar-refractivity contribution in [3.8, 4) is 6.07 Å². The number of halogens is 2. The van der Waals surface area contributed by atoms with E-state index in [1.54, 1.807) is 12.1 Å². The fraction of sp³-hybridized carbons (Fsp3) is 0.625. The fourth-order valence-corrected chi connectivity index (χ4v) is 6.56. The molecule has 4 atom stereocenters. The minimum absolute atomic E-state index is 0.126. The van der Waals surface area contributed by atoms with Gasteiger partial charge in [0, 0.05) is 24.8 Å². The van der Waals surface area contributed by atoms with Crippen molar-refractivity contribution in [2.45, 2.75) is 63.8 Å². The van der Waals surface area contributed by atoms with Crippen LogP contribution in [0.25, 0.3) is 0 Å². The molecule has 0 bridgehead atoms. The van der Waals surface area contributed by atoms with Gasteiger partial charge < -0.3 is 5.73 Å². The van der Waals surface area contributed by atoms with Crippen LogP contribution in [0.1, 0.15) is 62.6 Å². The summed E-state index contributed by atoms with van der Waals surface area (Å²) < 4.78 is 26.8. The molecule has 31 heavy (non-hydrogen) atoms. The molecule has 1 aliphatic heterocycles. The predicted molar refractivity (Wildman–Crippen MR) is 112 cm³/mol. The number of nitrogens with zero attached hydrogens (tertiary/aromatic N) is 3. The Hall–Kier alpha value is -2.49. The van der Waals surface area contributed by atoms with Gasteiger partial charge in [0.1, 0.15) is 0 Å². The van der Waals surface area contributed by atoms with Crippen LogP contribution in [-0.2, 0) is 16.8 Å². The molecule has 7 heteroatoms. The lowest BCUT2D eigenvalue weighted by Gasteiger charge is -2.47. The Labute approximate surface area is 181 Å². The summed E-state index contributed by atoms with van der Waals surface area (Å²) in [5.74, 6) is -1.99. The lowest BCUT2D eigenvalue weighted by Crippen LogP contribution is -2.54. The van der Waals surface area contributed by atoms with Crippen molar-refractivity contribution in [1.29, 1.82) is 5.26 Å². The van der Waals surface area contributed by atoms with Crippen LogP contribution in [0.5, 0.6) is 0 Å². The number of carbonyl (C=O) groups is 1. The molecule has 4 aliphatic rings. The second-order valence-electron chi connectivity index (χ2n) is 10.4. The van der Waals surface area contributed by atoms with Crippen LogP contribution in [0.4, 0.5) is 8.78 Å². The molecule has 164 valence electrons. The topological polar surface area (TPSA) is 82.5 Å². The molecule has 2 N–H and O–H groups in total. The Morgan fingerprint density at radius 1 is 1.26 bits per heavy atom. The van der Waals surface area contributed by atoms with Gasteiger partial charge in [-0.05, 0) is 66.7 Å². The minimum atomic E-state index is -2.64. The lowest BCUT2D eigenvalue weighted by atomic mass is 9.57. The molecule has 2 fully saturated rings. The highest BCUT2D eigenvalue weighted by molar-refractivity contribution is 6.08. The van der Waals surface area contributed by atoms with E-state index < -0.39 is 16.9 Å². The summed E-state index contributed by atoms with van der Waals surface area (Å²) in [4.78, 5) is 20.4. The molecule has 2 spiro atoms. The number of aliphatic imine (C=N–C) groups is 1. The van der Waals surface area contributed by atoms with Crippen LogP contribution < -0.4 is 5.73 Å². The molecule has 0 radical (unpaired) electrons. The van der Waals surface area contributed by atoms with Crippen LogP contribution in [0, 0.1) is 34.5 Å². The van der Waals surface area contributed by atoms with Crippen molar-refractivity contribution in [2.75, 3.05) is 6.54 Å². The molecular weight excluding hydrogens is 398 g/mol. The Bertz CT molecular complexity index is 1020. The van der Waals surface area contributed by atoms with Crippen molar-refractivity contribution in [2.24, 2.45) is 33.9 Å². The van der Waals surface area contributed by atoms with E-state index in [2.05, 4.69) is 19.9 Å². The molecule has 0 saturated heterocycles. The van der Waals surface area contributed by atoms with Gasteiger partial charge in [0.25, 0.3) is 5.91 Å². The summed E-state index contributed by atoms with van der Waals surface area (Å²) in [6.45, 7) is 4.65. The predicted octanol–water partition coefficient (Wildman–Crippen LogP) is 3.95. The average molecular weight is 427 g/mol. The Balaban J connectivity index is 1.59. The Morgan fingerprint density at radius 3 is 2.65 bits per heavy atom. The minimum Gasteiger partial charge on any atom is -0.369 e. The molecule has 3 aliphatic carbocycles. The highest BCUT2D eigenvalue weighted by atomic mass is 19.3. The van der Waals surface area contributed by atoms with Crippen molar-refractivity contribution in [1.82, 2.24) is 4.90 Å². The van der Waals surface area contributed by atoms with E-state index >= 15 is 0 Å². The smallest absolute Gasteiger partial charge is 0.262 e. The first kappa shape index (κ1) is 20.4. The molecule has 2 saturated carbocycles. The summed E-state index contributed by atoms with van der Waals surface area (Å²) >= 11 is 0. The van der Waals surface area contributed by atoms with Crippen molar-refractivity contribution < 1.29 is 13.6 Å². The van der Waals surface area contributed by atoms with Gasteiger partial charge in [-0.3, -0.25) is 9.69 Å². The number of guanidine groups is 1. The molecule has 1 amide bonds. The van der Waals surface area contributed by atoms with Gasteiger partial charge in [0.15, 0.2) is 11.5 Å². The van der Waals surface area contributed by atoms with Crippen LogP contribution in [-0.4, -0.2) is 29.2 Å². The van der Waals surface area contributed by atoms with Crippen LogP contribution in [0.3, 0.4) is 0 Å². The molecule has 5 rings (SSSR count). The fourth-order valence-electron chi connectivity index (χ4n) is 6.56. The molecule has 1 aromatic rings. The van der Waals surface area contributed by atoms with Gasteiger partial charge in [-0.2, -0.15) is 5.26 Å². The first-order valence-electron chi connectivity index (χ1n) is 11.2. The maximum absolute atomic E-state index is 14.1. The lowest BCUT2D eigenvalue weighted by molar-refractivity contribution is -0.143. The number of hydrogen-bond acceptors (Lipinski definition) is 4. The average Bonchev–Trinajstić information content (AvgIpc) is 3.10. The van der Waals surface area contributed by atoms with E-state index in [4.69, 9.17) is 10.7 Å². The standard InChI is InChI=1S/C24H28F2N4O/c1-14-5-6-22(8-15(14)2)11-18-4-3-16(12-27)7-19(18)24(22)20(31)30(21(28)29-24)13-17-9-23(25,26)10-17/h3-4,7,14-15,17H,5-6,8-11,13H2,1-2H3,(H2,28,29)/t14-,15-,22-,24+/m0/s1. The quantitative estimate of drug-likeness (QED) is 0.777. The monoisotopic (exact) mass is 426 g/mol. The van der Waals surface area contributed by atoms with Crippen molar-refractivity contribution in [3.05, 3.63) is 34.9 Å². The molecule has 5 nitrogen and oxygen atoms in total. The maximum Gasteiger partial charge on any atom is 0.262 e. The Kier molecular flexibility index (Phi) is 4.28. The third-order valence-corrected chi connectivity index (χ3v) is 8.42. The highest BCUT2D eigenvalue weighted by Gasteiger charge is 2.67. The van der Waals surface area contributed by atoms with Gasteiger partial charge in [0.2, 0.25) is 5.92 Å². The van der Waals surface area contributed by atoms with Crippen molar-refractivity contribution >= 4 is 11.9 Å². The summed E-state index contributed by atoms with van der Waals surface area (Å²) in [5, 5.41) is 9.48. The second-order valence-corrected chi connectivity index (χ2v) is 10.4. The van der Waals surface area contributed by atoms with Crippen LogP contribution in [0.2, 0.25) is 0 Å². The molecular formula is C24H28F2N4O. The third kappa shape index (κ3) is 2.76. The van der Waals surface area contributed by atoms with E-state index in [0.29, 0.717) is 17.4 Å². The molecule has 1 heterocycles. The molecule has 1 aromatic carbocycles. The highest BCUT2D eigenvalue weighted by Crippen LogP contribution is 2.63. The van der Waals surface area contributed by atoms with Gasteiger partial charge in [-0.25, -0.2) is 13.8 Å². The number of rotatable bonds is 2. The normalized spacial score (nSPS) is 36.4.